The van der Waals surface area contributed by atoms with Crippen LogP contribution in [0.25, 0.3) is 0 Å². The zero-order chi connectivity index (χ0) is 15.0. The van der Waals surface area contributed by atoms with Gasteiger partial charge in [-0.2, -0.15) is 0 Å². The molecule has 0 aromatic heterocycles. The van der Waals surface area contributed by atoms with E-state index in [9.17, 15) is 0 Å². The quantitative estimate of drug-likeness (QED) is 0.769. The molecule has 0 spiro atoms. The third-order valence-corrected chi connectivity index (χ3v) is 9.43. The molecule has 128 valence electrons. The summed E-state index contributed by atoms with van der Waals surface area (Å²) in [6.45, 7) is 1.35. The Bertz CT molecular complexity index is 417. The van der Waals surface area contributed by atoms with E-state index in [4.69, 9.17) is 0 Å². The number of nitrogens with one attached hydrogen (secondary N) is 1. The maximum absolute atomic E-state index is 4.14. The summed E-state index contributed by atoms with van der Waals surface area (Å²) in [4.78, 5) is 0. The molecule has 1 nitrogen and oxygen atoms in total. The molecule has 8 fully saturated rings. The van der Waals surface area contributed by atoms with E-state index in [0.29, 0.717) is 0 Å². The zero-order valence-electron chi connectivity index (χ0n) is 14.8. The molecule has 8 aliphatic rings. The van der Waals surface area contributed by atoms with Crippen LogP contribution in [0.5, 0.6) is 0 Å². The lowest BCUT2D eigenvalue weighted by atomic mass is 9.49. The molecule has 0 unspecified atom stereocenters. The minimum atomic E-state index is 0.785. The molecule has 23 heavy (non-hydrogen) atoms. The van der Waals surface area contributed by atoms with Crippen LogP contribution in [0.3, 0.4) is 0 Å². The molecule has 0 aromatic carbocycles. The van der Waals surface area contributed by atoms with Crippen LogP contribution in [0.1, 0.15) is 77.0 Å². The smallest absolute Gasteiger partial charge is 0.0124 e. The molecule has 1 heteroatoms. The van der Waals surface area contributed by atoms with E-state index in [1.807, 2.05) is 0 Å². The first-order valence-electron chi connectivity index (χ1n) is 11.0. The van der Waals surface area contributed by atoms with Crippen LogP contribution in [-0.4, -0.2) is 12.6 Å². The lowest BCUT2D eigenvalue weighted by Gasteiger charge is -2.57. The average molecular weight is 314 g/mol. The van der Waals surface area contributed by atoms with Crippen molar-refractivity contribution >= 4 is 0 Å². The van der Waals surface area contributed by atoms with E-state index < -0.39 is 0 Å². The summed E-state index contributed by atoms with van der Waals surface area (Å²) >= 11 is 0. The van der Waals surface area contributed by atoms with Crippen LogP contribution in [0.15, 0.2) is 0 Å². The van der Waals surface area contributed by atoms with Gasteiger partial charge in [0, 0.05) is 6.04 Å². The SMILES string of the molecule is C(CC12CC3CC(CC(C3)C1)C2)NC1C2CC3CC(C2)CC1C3. The van der Waals surface area contributed by atoms with Crippen LogP contribution >= 0.6 is 0 Å². The van der Waals surface area contributed by atoms with Crippen LogP contribution < -0.4 is 5.32 Å². The molecule has 0 radical (unpaired) electrons. The fraction of sp³-hybridized carbons (Fsp3) is 1.00. The van der Waals surface area contributed by atoms with Crippen LogP contribution in [0.2, 0.25) is 0 Å². The fourth-order valence-electron chi connectivity index (χ4n) is 9.36. The van der Waals surface area contributed by atoms with Crippen molar-refractivity contribution in [1.29, 1.82) is 0 Å². The lowest BCUT2D eigenvalue weighted by Crippen LogP contribution is -2.55. The Labute approximate surface area is 142 Å². The molecule has 0 aromatic rings. The number of rotatable bonds is 4. The third-order valence-electron chi connectivity index (χ3n) is 9.43. The Kier molecular flexibility index (Phi) is 3.07. The number of hydrogen-bond donors (Lipinski definition) is 1. The standard InChI is InChI=1S/C22H35N/c1(22-11-16-4-17(12-22)6-18(5-16)13-22)2-23-21-19-7-14-3-15(9-19)10-20(21)8-14/h14-21,23H,1-13H2. The van der Waals surface area contributed by atoms with E-state index in [2.05, 4.69) is 5.32 Å². The molecule has 0 heterocycles. The Morgan fingerprint density at radius 2 is 1.09 bits per heavy atom. The molecule has 8 saturated carbocycles. The van der Waals surface area contributed by atoms with Crippen molar-refractivity contribution in [1.82, 2.24) is 5.32 Å². The van der Waals surface area contributed by atoms with Gasteiger partial charge in [-0.15, -0.1) is 0 Å². The summed E-state index contributed by atoms with van der Waals surface area (Å²) in [6, 6.07) is 0.914. The van der Waals surface area contributed by atoms with E-state index in [1.54, 1.807) is 70.6 Å². The largest absolute Gasteiger partial charge is 0.313 e. The molecule has 8 rings (SSSR count). The molecular formula is C22H35N. The second-order valence-electron chi connectivity index (χ2n) is 11.1. The van der Waals surface area contributed by atoms with Gasteiger partial charge in [0.05, 0.1) is 0 Å². The van der Waals surface area contributed by atoms with Crippen molar-refractivity contribution in [3.63, 3.8) is 0 Å². The average Bonchev–Trinajstić information content (AvgIpc) is 2.48. The Hall–Kier alpha value is -0.0400. The predicted octanol–water partition coefficient (Wildman–Crippen LogP) is 5.01. The Balaban J connectivity index is 1.09. The van der Waals surface area contributed by atoms with Gasteiger partial charge >= 0.3 is 0 Å². The number of hydrogen-bond acceptors (Lipinski definition) is 1. The Morgan fingerprint density at radius 1 is 0.609 bits per heavy atom. The predicted molar refractivity (Wildman–Crippen MR) is 94.1 cm³/mol. The normalized spacial score (nSPS) is 59.0. The van der Waals surface area contributed by atoms with Gasteiger partial charge in [0.2, 0.25) is 0 Å². The van der Waals surface area contributed by atoms with Gasteiger partial charge in [0.15, 0.2) is 0 Å². The van der Waals surface area contributed by atoms with Gasteiger partial charge in [-0.25, -0.2) is 0 Å². The van der Waals surface area contributed by atoms with E-state index >= 15 is 0 Å². The molecule has 0 amide bonds. The first-order chi connectivity index (χ1) is 11.2. The van der Waals surface area contributed by atoms with Crippen LogP contribution in [0.4, 0.5) is 0 Å². The molecule has 0 saturated heterocycles. The van der Waals surface area contributed by atoms with Gasteiger partial charge in [0.25, 0.3) is 0 Å². The first-order valence-corrected chi connectivity index (χ1v) is 11.0. The molecule has 8 aliphatic carbocycles. The Morgan fingerprint density at radius 3 is 1.61 bits per heavy atom. The van der Waals surface area contributed by atoms with Crippen molar-refractivity contribution < 1.29 is 0 Å². The third kappa shape index (κ3) is 2.28. The summed E-state index contributed by atoms with van der Waals surface area (Å²) in [6.07, 6.45) is 19.0. The first kappa shape index (κ1) is 14.2. The lowest BCUT2D eigenvalue weighted by molar-refractivity contribution is -0.0600. The van der Waals surface area contributed by atoms with E-state index in [0.717, 1.165) is 52.9 Å². The topological polar surface area (TPSA) is 12.0 Å². The van der Waals surface area contributed by atoms with Crippen molar-refractivity contribution in [3.8, 4) is 0 Å². The molecule has 0 aliphatic heterocycles. The molecule has 1 N–H and O–H groups in total. The fourth-order valence-corrected chi connectivity index (χ4v) is 9.36. The summed E-state index contributed by atoms with van der Waals surface area (Å²) < 4.78 is 0. The van der Waals surface area contributed by atoms with Gasteiger partial charge in [0.1, 0.15) is 0 Å². The maximum Gasteiger partial charge on any atom is 0.0124 e. The van der Waals surface area contributed by atoms with Crippen LogP contribution in [-0.2, 0) is 0 Å². The minimum Gasteiger partial charge on any atom is -0.313 e. The highest BCUT2D eigenvalue weighted by Crippen LogP contribution is 2.61. The highest BCUT2D eigenvalue weighted by molar-refractivity contribution is 5.03. The summed E-state index contributed by atoms with van der Waals surface area (Å²) in [5.74, 6) is 7.75. The minimum absolute atomic E-state index is 0.785. The van der Waals surface area contributed by atoms with Gasteiger partial charge in [-0.3, -0.25) is 0 Å². The monoisotopic (exact) mass is 313 g/mol. The van der Waals surface area contributed by atoms with Gasteiger partial charge in [-0.1, -0.05) is 0 Å². The second kappa shape index (κ2) is 4.99. The maximum atomic E-state index is 4.14. The van der Waals surface area contributed by atoms with Gasteiger partial charge in [-0.05, 0) is 130 Å². The highest BCUT2D eigenvalue weighted by atomic mass is 14.9. The van der Waals surface area contributed by atoms with Crippen molar-refractivity contribution in [2.24, 2.45) is 46.8 Å². The summed E-state index contributed by atoms with van der Waals surface area (Å²) in [5.41, 5.74) is 0.785. The van der Waals surface area contributed by atoms with Crippen LogP contribution in [0, 0.1) is 46.8 Å². The van der Waals surface area contributed by atoms with Crippen molar-refractivity contribution in [2.45, 2.75) is 83.1 Å². The summed E-state index contributed by atoms with van der Waals surface area (Å²) in [5, 5.41) is 4.14. The second-order valence-corrected chi connectivity index (χ2v) is 11.1. The van der Waals surface area contributed by atoms with E-state index in [-0.39, 0.29) is 0 Å². The molecular weight excluding hydrogens is 278 g/mol. The van der Waals surface area contributed by atoms with Crippen molar-refractivity contribution in [3.05, 3.63) is 0 Å². The van der Waals surface area contributed by atoms with Crippen molar-refractivity contribution in [2.75, 3.05) is 6.54 Å². The summed E-state index contributed by atoms with van der Waals surface area (Å²) in [7, 11) is 0. The van der Waals surface area contributed by atoms with E-state index in [1.165, 1.54) is 13.0 Å². The zero-order valence-corrected chi connectivity index (χ0v) is 14.8. The molecule has 0 atom stereocenters. The highest BCUT2D eigenvalue weighted by Gasteiger charge is 2.51. The van der Waals surface area contributed by atoms with Gasteiger partial charge < -0.3 is 5.32 Å². The molecule has 8 bridgehead atoms.